The van der Waals surface area contributed by atoms with Crippen molar-refractivity contribution < 1.29 is 22.6 Å². The van der Waals surface area contributed by atoms with Crippen molar-refractivity contribution in [2.45, 2.75) is 18.7 Å². The van der Waals surface area contributed by atoms with Crippen LogP contribution in [0.4, 0.5) is 5.69 Å². The Balaban J connectivity index is 1.49. The molecule has 0 spiro atoms. The van der Waals surface area contributed by atoms with Gasteiger partial charge in [0.05, 0.1) is 13.2 Å². The molecule has 2 aromatic carbocycles. The van der Waals surface area contributed by atoms with Gasteiger partial charge in [-0.1, -0.05) is 0 Å². The molecule has 0 amide bonds. The van der Waals surface area contributed by atoms with E-state index < -0.39 is 10.0 Å². The molecule has 0 saturated heterocycles. The van der Waals surface area contributed by atoms with Crippen molar-refractivity contribution in [1.82, 2.24) is 19.5 Å². The number of hydrogen-bond donors (Lipinski definition) is 1. The molecule has 0 radical (unpaired) electrons. The molecular formula is C23H23N5O5S. The molecular weight excluding hydrogens is 458 g/mol. The molecule has 1 N–H and O–H groups in total. The van der Waals surface area contributed by atoms with Gasteiger partial charge in [-0.25, -0.2) is 23.4 Å². The van der Waals surface area contributed by atoms with Crippen LogP contribution in [0.3, 0.4) is 0 Å². The second kappa shape index (κ2) is 10.2. The van der Waals surface area contributed by atoms with E-state index in [0.29, 0.717) is 42.1 Å². The standard InChI is InChI=1S/C23H23N5O5S/c1-3-31-19-9-10-21(20(13-19)32-4-2)34(29,30)27-17-5-7-18(8-6-17)33-23-14-22(25-15-26-23)28-12-11-24-16-28/h5-16,27H,3-4H2,1-2H3. The van der Waals surface area contributed by atoms with Gasteiger partial charge in [0, 0.05) is 30.2 Å². The molecule has 2 aromatic heterocycles. The summed E-state index contributed by atoms with van der Waals surface area (Å²) in [4.78, 5) is 12.3. The summed E-state index contributed by atoms with van der Waals surface area (Å²) in [5, 5.41) is 0. The maximum Gasteiger partial charge on any atom is 0.265 e. The largest absolute Gasteiger partial charge is 0.494 e. The van der Waals surface area contributed by atoms with Crippen LogP contribution >= 0.6 is 0 Å². The highest BCUT2D eigenvalue weighted by Gasteiger charge is 2.21. The minimum absolute atomic E-state index is 0.0196. The first kappa shape index (κ1) is 23.1. The lowest BCUT2D eigenvalue weighted by atomic mass is 10.3. The molecule has 0 unspecified atom stereocenters. The SMILES string of the molecule is CCOc1ccc(S(=O)(=O)Nc2ccc(Oc3cc(-n4ccnc4)ncn3)cc2)c(OCC)c1. The molecule has 2 heterocycles. The van der Waals surface area contributed by atoms with Crippen molar-refractivity contribution >= 4 is 15.7 Å². The fraction of sp³-hybridized carbons (Fsp3) is 0.174. The number of nitrogens with zero attached hydrogens (tertiary/aromatic N) is 4. The summed E-state index contributed by atoms with van der Waals surface area (Å²) in [6, 6.07) is 12.8. The van der Waals surface area contributed by atoms with Crippen LogP contribution in [-0.2, 0) is 10.0 Å². The van der Waals surface area contributed by atoms with E-state index in [1.165, 1.54) is 12.4 Å². The molecule has 34 heavy (non-hydrogen) atoms. The predicted molar refractivity (Wildman–Crippen MR) is 125 cm³/mol. The van der Waals surface area contributed by atoms with E-state index in [-0.39, 0.29) is 10.6 Å². The second-order valence-electron chi connectivity index (χ2n) is 6.89. The lowest BCUT2D eigenvalue weighted by molar-refractivity contribution is 0.317. The maximum absolute atomic E-state index is 13.0. The fourth-order valence-electron chi connectivity index (χ4n) is 3.08. The average molecular weight is 482 g/mol. The first-order valence-electron chi connectivity index (χ1n) is 10.5. The highest BCUT2D eigenvalue weighted by atomic mass is 32.2. The summed E-state index contributed by atoms with van der Waals surface area (Å²) in [6.45, 7) is 4.41. The summed E-state index contributed by atoms with van der Waals surface area (Å²) in [5.41, 5.74) is 0.366. The molecule has 176 valence electrons. The van der Waals surface area contributed by atoms with Gasteiger partial charge in [-0.3, -0.25) is 9.29 Å². The van der Waals surface area contributed by atoms with Gasteiger partial charge >= 0.3 is 0 Å². The molecule has 0 aliphatic carbocycles. The van der Waals surface area contributed by atoms with Crippen LogP contribution in [0.15, 0.2) is 78.5 Å². The average Bonchev–Trinajstić information content (AvgIpc) is 3.36. The second-order valence-corrected chi connectivity index (χ2v) is 8.54. The van der Waals surface area contributed by atoms with Crippen LogP contribution in [-0.4, -0.2) is 41.2 Å². The minimum Gasteiger partial charge on any atom is -0.494 e. The minimum atomic E-state index is -3.90. The van der Waals surface area contributed by atoms with Gasteiger partial charge in [0.1, 0.15) is 40.6 Å². The number of hydrogen-bond acceptors (Lipinski definition) is 8. The zero-order valence-electron chi connectivity index (χ0n) is 18.6. The molecule has 11 heteroatoms. The van der Waals surface area contributed by atoms with Crippen LogP contribution in [0.25, 0.3) is 5.82 Å². The number of ether oxygens (including phenoxy) is 3. The quantitative estimate of drug-likeness (QED) is 0.360. The lowest BCUT2D eigenvalue weighted by Gasteiger charge is -2.14. The van der Waals surface area contributed by atoms with Crippen molar-refractivity contribution in [3.8, 4) is 28.9 Å². The first-order valence-corrected chi connectivity index (χ1v) is 12.0. The maximum atomic E-state index is 13.0. The number of imidazole rings is 1. The lowest BCUT2D eigenvalue weighted by Crippen LogP contribution is -2.14. The number of nitrogens with one attached hydrogen (secondary N) is 1. The Bertz CT molecular complexity index is 1340. The van der Waals surface area contributed by atoms with Crippen molar-refractivity contribution in [2.24, 2.45) is 0 Å². The third-order valence-electron chi connectivity index (χ3n) is 4.54. The molecule has 0 aliphatic heterocycles. The van der Waals surface area contributed by atoms with Crippen molar-refractivity contribution in [3.63, 3.8) is 0 Å². The van der Waals surface area contributed by atoms with E-state index in [0.717, 1.165) is 0 Å². The molecule has 4 aromatic rings. The smallest absolute Gasteiger partial charge is 0.265 e. The Morgan fingerprint density at radius 2 is 1.71 bits per heavy atom. The molecule has 10 nitrogen and oxygen atoms in total. The molecule has 0 aliphatic rings. The number of rotatable bonds is 10. The fourth-order valence-corrected chi connectivity index (χ4v) is 4.26. The van der Waals surface area contributed by atoms with Gasteiger partial charge in [0.25, 0.3) is 10.0 Å². The van der Waals surface area contributed by atoms with Crippen LogP contribution < -0.4 is 18.9 Å². The Kier molecular flexibility index (Phi) is 6.93. The van der Waals surface area contributed by atoms with E-state index in [2.05, 4.69) is 19.7 Å². The van der Waals surface area contributed by atoms with E-state index in [9.17, 15) is 8.42 Å². The van der Waals surface area contributed by atoms with Gasteiger partial charge in [0.15, 0.2) is 0 Å². The van der Waals surface area contributed by atoms with Gasteiger partial charge in [-0.2, -0.15) is 0 Å². The molecule has 0 atom stereocenters. The molecule has 4 rings (SSSR count). The number of anilines is 1. The summed E-state index contributed by atoms with van der Waals surface area (Å²) >= 11 is 0. The van der Waals surface area contributed by atoms with E-state index in [4.69, 9.17) is 14.2 Å². The predicted octanol–water partition coefficient (Wildman–Crippen LogP) is 4.05. The Morgan fingerprint density at radius 1 is 0.941 bits per heavy atom. The summed E-state index contributed by atoms with van der Waals surface area (Å²) in [6.07, 6.45) is 6.41. The topological polar surface area (TPSA) is 117 Å². The van der Waals surface area contributed by atoms with Crippen LogP contribution in [0.2, 0.25) is 0 Å². The van der Waals surface area contributed by atoms with Gasteiger partial charge in [-0.15, -0.1) is 0 Å². The Hall–Kier alpha value is -4.12. The Morgan fingerprint density at radius 3 is 2.41 bits per heavy atom. The Labute approximate surface area is 197 Å². The number of aromatic nitrogens is 4. The van der Waals surface area contributed by atoms with E-state index >= 15 is 0 Å². The molecule has 0 fully saturated rings. The normalized spacial score (nSPS) is 11.1. The number of sulfonamides is 1. The third kappa shape index (κ3) is 5.44. The van der Waals surface area contributed by atoms with Gasteiger partial charge < -0.3 is 14.2 Å². The molecule has 0 saturated carbocycles. The van der Waals surface area contributed by atoms with Crippen molar-refractivity contribution in [1.29, 1.82) is 0 Å². The third-order valence-corrected chi connectivity index (χ3v) is 5.96. The first-order chi connectivity index (χ1) is 16.5. The monoisotopic (exact) mass is 481 g/mol. The van der Waals surface area contributed by atoms with Crippen LogP contribution in [0, 0.1) is 0 Å². The highest BCUT2D eigenvalue weighted by Crippen LogP contribution is 2.31. The summed E-state index contributed by atoms with van der Waals surface area (Å²) < 4.78 is 47.1. The zero-order chi connectivity index (χ0) is 24.0. The number of benzene rings is 2. The van der Waals surface area contributed by atoms with E-state index in [1.54, 1.807) is 72.7 Å². The van der Waals surface area contributed by atoms with Crippen LogP contribution in [0.1, 0.15) is 13.8 Å². The van der Waals surface area contributed by atoms with E-state index in [1.807, 2.05) is 6.92 Å². The zero-order valence-corrected chi connectivity index (χ0v) is 19.4. The van der Waals surface area contributed by atoms with Crippen molar-refractivity contribution in [2.75, 3.05) is 17.9 Å². The summed E-state index contributed by atoms with van der Waals surface area (Å²) in [7, 11) is -3.90. The van der Waals surface area contributed by atoms with Gasteiger partial charge in [-0.05, 0) is 50.2 Å². The highest BCUT2D eigenvalue weighted by molar-refractivity contribution is 7.92. The molecule has 0 bridgehead atoms. The van der Waals surface area contributed by atoms with Gasteiger partial charge in [0.2, 0.25) is 5.88 Å². The van der Waals surface area contributed by atoms with Crippen molar-refractivity contribution in [3.05, 3.63) is 73.6 Å². The summed E-state index contributed by atoms with van der Waals surface area (Å²) in [5.74, 6) is 2.18. The van der Waals surface area contributed by atoms with Crippen LogP contribution in [0.5, 0.6) is 23.1 Å².